The minimum Gasteiger partial charge on any atom is -0.316 e. The van der Waals surface area contributed by atoms with E-state index in [2.05, 4.69) is 26.0 Å². The summed E-state index contributed by atoms with van der Waals surface area (Å²) < 4.78 is 27.9. The van der Waals surface area contributed by atoms with Crippen LogP contribution in [0.1, 0.15) is 31.2 Å². The normalized spacial score (nSPS) is 15.5. The molecule has 112 valence electrons. The van der Waals surface area contributed by atoms with Crippen LogP contribution in [-0.2, 0) is 16.6 Å². The predicted molar refractivity (Wildman–Crippen MR) is 84.1 cm³/mol. The number of benzene rings is 1. The molecule has 0 aliphatic heterocycles. The first kappa shape index (κ1) is 15.9. The Bertz CT molecular complexity index is 556. The Balaban J connectivity index is 2.00. The summed E-state index contributed by atoms with van der Waals surface area (Å²) in [5, 5.41) is 3.02. The van der Waals surface area contributed by atoms with Crippen LogP contribution in [0, 0.1) is 5.92 Å². The van der Waals surface area contributed by atoms with Crippen LogP contribution in [0.2, 0.25) is 0 Å². The van der Waals surface area contributed by atoms with Crippen molar-refractivity contribution in [3.63, 3.8) is 0 Å². The van der Waals surface area contributed by atoms with Crippen LogP contribution in [0.15, 0.2) is 27.6 Å². The molecule has 0 aromatic heterocycles. The van der Waals surface area contributed by atoms with Crippen LogP contribution in [0.4, 0.5) is 0 Å². The van der Waals surface area contributed by atoms with Crippen molar-refractivity contribution in [1.82, 2.24) is 10.0 Å². The van der Waals surface area contributed by atoms with Crippen LogP contribution in [0.5, 0.6) is 0 Å². The average Bonchev–Trinajstić information content (AvgIpc) is 3.21. The Morgan fingerprint density at radius 3 is 2.75 bits per heavy atom. The SMILES string of the molecule is CNCc1ccc(Br)c(S(=O)(=O)NCCCC2CC2)c1. The van der Waals surface area contributed by atoms with Gasteiger partial charge in [-0.15, -0.1) is 0 Å². The molecule has 4 nitrogen and oxygen atoms in total. The van der Waals surface area contributed by atoms with Gasteiger partial charge in [-0.3, -0.25) is 0 Å². The van der Waals surface area contributed by atoms with Gasteiger partial charge in [0.1, 0.15) is 0 Å². The number of hydrogen-bond donors (Lipinski definition) is 2. The maximum atomic E-state index is 12.3. The Kier molecular flexibility index (Phi) is 5.60. The summed E-state index contributed by atoms with van der Waals surface area (Å²) in [6, 6.07) is 5.40. The molecule has 1 saturated carbocycles. The molecule has 1 fully saturated rings. The molecule has 0 unspecified atom stereocenters. The highest BCUT2D eigenvalue weighted by Crippen LogP contribution is 2.33. The summed E-state index contributed by atoms with van der Waals surface area (Å²) >= 11 is 3.32. The summed E-state index contributed by atoms with van der Waals surface area (Å²) in [5.41, 5.74) is 0.953. The van der Waals surface area contributed by atoms with Gasteiger partial charge >= 0.3 is 0 Å². The van der Waals surface area contributed by atoms with E-state index in [0.29, 0.717) is 22.5 Å². The van der Waals surface area contributed by atoms with E-state index >= 15 is 0 Å². The summed E-state index contributed by atoms with van der Waals surface area (Å²) in [6.07, 6.45) is 4.66. The molecular formula is C14H21BrN2O2S. The summed E-state index contributed by atoms with van der Waals surface area (Å²) in [6.45, 7) is 1.17. The minimum absolute atomic E-state index is 0.316. The molecule has 0 radical (unpaired) electrons. The zero-order valence-corrected chi connectivity index (χ0v) is 14.1. The van der Waals surface area contributed by atoms with Crippen molar-refractivity contribution in [3.8, 4) is 0 Å². The van der Waals surface area contributed by atoms with E-state index < -0.39 is 10.0 Å². The number of hydrogen-bond acceptors (Lipinski definition) is 3. The fourth-order valence-electron chi connectivity index (χ4n) is 2.15. The summed E-state index contributed by atoms with van der Waals surface area (Å²) in [7, 11) is -1.59. The highest BCUT2D eigenvalue weighted by molar-refractivity contribution is 9.10. The average molecular weight is 361 g/mol. The molecule has 0 saturated heterocycles. The third kappa shape index (κ3) is 4.55. The molecule has 20 heavy (non-hydrogen) atoms. The highest BCUT2D eigenvalue weighted by atomic mass is 79.9. The van der Waals surface area contributed by atoms with E-state index in [9.17, 15) is 8.42 Å². The zero-order valence-electron chi connectivity index (χ0n) is 11.7. The molecular weight excluding hydrogens is 340 g/mol. The minimum atomic E-state index is -3.43. The van der Waals surface area contributed by atoms with Gasteiger partial charge in [0.05, 0.1) is 4.90 Å². The Labute approximate surface area is 129 Å². The third-order valence-corrected chi connectivity index (χ3v) is 5.90. The molecule has 1 aromatic carbocycles. The molecule has 1 aliphatic rings. The zero-order chi connectivity index (χ0) is 14.6. The number of sulfonamides is 1. The van der Waals surface area contributed by atoms with Gasteiger partial charge in [0.2, 0.25) is 10.0 Å². The Morgan fingerprint density at radius 1 is 1.35 bits per heavy atom. The van der Waals surface area contributed by atoms with Crippen LogP contribution in [0.25, 0.3) is 0 Å². The van der Waals surface area contributed by atoms with Crippen molar-refractivity contribution in [2.24, 2.45) is 5.92 Å². The van der Waals surface area contributed by atoms with Gasteiger partial charge < -0.3 is 5.32 Å². The van der Waals surface area contributed by atoms with E-state index in [0.717, 1.165) is 24.3 Å². The second-order valence-corrected chi connectivity index (χ2v) is 7.87. The molecule has 2 rings (SSSR count). The lowest BCUT2D eigenvalue weighted by molar-refractivity contribution is 0.572. The Hall–Kier alpha value is -0.430. The fourth-order valence-corrected chi connectivity index (χ4v) is 4.24. The van der Waals surface area contributed by atoms with Crippen molar-refractivity contribution in [2.45, 2.75) is 37.1 Å². The molecule has 0 atom stereocenters. The smallest absolute Gasteiger partial charge is 0.241 e. The van der Waals surface area contributed by atoms with Crippen molar-refractivity contribution < 1.29 is 8.42 Å². The largest absolute Gasteiger partial charge is 0.316 e. The van der Waals surface area contributed by atoms with E-state index in [1.54, 1.807) is 12.1 Å². The standard InChI is InChI=1S/C14H21BrN2O2S/c1-16-10-12-6-7-13(15)14(9-12)20(18,19)17-8-2-3-11-4-5-11/h6-7,9,11,16-17H,2-5,8,10H2,1H3. The molecule has 0 heterocycles. The Morgan fingerprint density at radius 2 is 2.10 bits per heavy atom. The summed E-state index contributed by atoms with van der Waals surface area (Å²) in [4.78, 5) is 0.316. The van der Waals surface area contributed by atoms with Gasteiger partial charge in [0.25, 0.3) is 0 Å². The van der Waals surface area contributed by atoms with E-state index in [1.165, 1.54) is 12.8 Å². The lowest BCUT2D eigenvalue weighted by Crippen LogP contribution is -2.25. The van der Waals surface area contributed by atoms with Crippen molar-refractivity contribution in [2.75, 3.05) is 13.6 Å². The van der Waals surface area contributed by atoms with E-state index in [4.69, 9.17) is 0 Å². The molecule has 6 heteroatoms. The monoisotopic (exact) mass is 360 g/mol. The van der Waals surface area contributed by atoms with Crippen LogP contribution < -0.4 is 10.0 Å². The molecule has 0 bridgehead atoms. The molecule has 1 aromatic rings. The first-order valence-corrected chi connectivity index (χ1v) is 9.23. The van der Waals surface area contributed by atoms with Crippen molar-refractivity contribution in [3.05, 3.63) is 28.2 Å². The molecule has 2 N–H and O–H groups in total. The van der Waals surface area contributed by atoms with Crippen molar-refractivity contribution in [1.29, 1.82) is 0 Å². The maximum absolute atomic E-state index is 12.3. The van der Waals surface area contributed by atoms with Gasteiger partial charge in [0, 0.05) is 17.6 Å². The van der Waals surface area contributed by atoms with Gasteiger partial charge in [0.15, 0.2) is 0 Å². The quantitative estimate of drug-likeness (QED) is 0.700. The van der Waals surface area contributed by atoms with Crippen LogP contribution in [-0.4, -0.2) is 22.0 Å². The van der Waals surface area contributed by atoms with E-state index in [1.807, 2.05) is 13.1 Å². The lowest BCUT2D eigenvalue weighted by Gasteiger charge is -2.10. The lowest BCUT2D eigenvalue weighted by atomic mass is 10.2. The van der Waals surface area contributed by atoms with Gasteiger partial charge in [-0.2, -0.15) is 0 Å². The topological polar surface area (TPSA) is 58.2 Å². The maximum Gasteiger partial charge on any atom is 0.241 e. The molecule has 0 amide bonds. The predicted octanol–water partition coefficient (Wildman–Crippen LogP) is 2.64. The number of halogens is 1. The summed E-state index contributed by atoms with van der Waals surface area (Å²) in [5.74, 6) is 0.838. The third-order valence-electron chi connectivity index (χ3n) is 3.44. The first-order valence-electron chi connectivity index (χ1n) is 6.95. The second-order valence-electron chi connectivity index (χ2n) is 5.28. The van der Waals surface area contributed by atoms with Crippen LogP contribution >= 0.6 is 15.9 Å². The molecule has 0 spiro atoms. The molecule has 1 aliphatic carbocycles. The van der Waals surface area contributed by atoms with Crippen molar-refractivity contribution >= 4 is 26.0 Å². The highest BCUT2D eigenvalue weighted by Gasteiger charge is 2.21. The number of rotatable bonds is 8. The van der Waals surface area contributed by atoms with Gasteiger partial charge in [-0.05, 0) is 59.4 Å². The van der Waals surface area contributed by atoms with E-state index in [-0.39, 0.29) is 0 Å². The van der Waals surface area contributed by atoms with Gasteiger partial charge in [-0.25, -0.2) is 13.1 Å². The first-order chi connectivity index (χ1) is 9.53. The van der Waals surface area contributed by atoms with Gasteiger partial charge in [-0.1, -0.05) is 18.9 Å². The second kappa shape index (κ2) is 7.02. The fraction of sp³-hybridized carbons (Fsp3) is 0.571. The van der Waals surface area contributed by atoms with Crippen LogP contribution in [0.3, 0.4) is 0 Å². The number of nitrogens with one attached hydrogen (secondary N) is 2.